The van der Waals surface area contributed by atoms with E-state index in [1.165, 1.54) is 6.20 Å². The van der Waals surface area contributed by atoms with Crippen LogP contribution in [0.5, 0.6) is 0 Å². The van der Waals surface area contributed by atoms with Crippen molar-refractivity contribution < 1.29 is 4.79 Å². The summed E-state index contributed by atoms with van der Waals surface area (Å²) in [6, 6.07) is 8.06. The number of para-hydroxylation sites is 1. The van der Waals surface area contributed by atoms with E-state index in [2.05, 4.69) is 42.3 Å². The van der Waals surface area contributed by atoms with Gasteiger partial charge >= 0.3 is 0 Å². The van der Waals surface area contributed by atoms with Crippen LogP contribution in [0.2, 0.25) is 0 Å². The van der Waals surface area contributed by atoms with E-state index in [-0.39, 0.29) is 5.91 Å². The lowest BCUT2D eigenvalue weighted by Gasteiger charge is -2.03. The monoisotopic (exact) mass is 344 g/mol. The van der Waals surface area contributed by atoms with Gasteiger partial charge in [0.25, 0.3) is 0 Å². The van der Waals surface area contributed by atoms with Crippen LogP contribution in [0, 0.1) is 0 Å². The number of aromatic nitrogens is 3. The zero-order valence-electron chi connectivity index (χ0n) is 11.1. The third kappa shape index (κ3) is 3.28. The second-order valence-electron chi connectivity index (χ2n) is 4.63. The molecule has 1 amide bonds. The number of nitrogens with zero attached hydrogens (tertiary/aromatic N) is 2. The Bertz CT molecular complexity index is 767. The molecular weight excluding hydrogens is 332 g/mol. The van der Waals surface area contributed by atoms with Gasteiger partial charge in [-0.15, -0.1) is 0 Å². The Labute approximate surface area is 129 Å². The minimum absolute atomic E-state index is 0.0723. The van der Waals surface area contributed by atoms with Crippen LogP contribution in [0.15, 0.2) is 47.5 Å². The van der Waals surface area contributed by atoms with E-state index in [1.807, 2.05) is 24.4 Å². The Morgan fingerprint density at radius 3 is 2.90 bits per heavy atom. The van der Waals surface area contributed by atoms with Crippen molar-refractivity contribution in [3.05, 3.63) is 53.0 Å². The lowest BCUT2D eigenvalue weighted by Crippen LogP contribution is -2.13. The van der Waals surface area contributed by atoms with E-state index >= 15 is 0 Å². The van der Waals surface area contributed by atoms with Crippen LogP contribution in [0.25, 0.3) is 10.9 Å². The number of benzene rings is 1. The Hall–Kier alpha value is -2.21. The highest BCUT2D eigenvalue weighted by Gasteiger charge is 2.07. The number of aromatic amines is 1. The summed E-state index contributed by atoms with van der Waals surface area (Å²) in [7, 11) is 0. The largest absolute Gasteiger partial charge is 0.361 e. The van der Waals surface area contributed by atoms with Crippen LogP contribution in [0.4, 0.5) is 5.82 Å². The lowest BCUT2D eigenvalue weighted by molar-refractivity contribution is -0.116. The molecule has 0 saturated heterocycles. The number of rotatable bonds is 4. The predicted molar refractivity (Wildman–Crippen MR) is 85.0 cm³/mol. The number of hydrogen-bond donors (Lipinski definition) is 2. The quantitative estimate of drug-likeness (QED) is 0.762. The number of nitrogens with one attached hydrogen (secondary N) is 2. The van der Waals surface area contributed by atoms with Gasteiger partial charge in [-0.05, 0) is 34.0 Å². The molecule has 2 aromatic heterocycles. The predicted octanol–water partition coefficient (Wildman–Crippen LogP) is 3.29. The number of aryl methyl sites for hydroxylation is 1. The molecule has 21 heavy (non-hydrogen) atoms. The number of hydrogen-bond acceptors (Lipinski definition) is 3. The maximum Gasteiger partial charge on any atom is 0.225 e. The van der Waals surface area contributed by atoms with Gasteiger partial charge < -0.3 is 10.3 Å². The van der Waals surface area contributed by atoms with E-state index in [4.69, 9.17) is 0 Å². The topological polar surface area (TPSA) is 70.7 Å². The Morgan fingerprint density at radius 2 is 2.10 bits per heavy atom. The maximum atomic E-state index is 11.9. The molecule has 0 spiro atoms. The fourth-order valence-electron chi connectivity index (χ4n) is 2.17. The summed E-state index contributed by atoms with van der Waals surface area (Å²) in [4.78, 5) is 23.2. The van der Waals surface area contributed by atoms with Crippen molar-refractivity contribution in [1.82, 2.24) is 15.0 Å². The normalized spacial score (nSPS) is 10.7. The molecular formula is C15H13BrN4O. The summed E-state index contributed by atoms with van der Waals surface area (Å²) < 4.78 is 0.638. The molecule has 0 radical (unpaired) electrons. The van der Waals surface area contributed by atoms with Gasteiger partial charge in [0.1, 0.15) is 4.60 Å². The Kier molecular flexibility index (Phi) is 3.96. The average Bonchev–Trinajstić information content (AvgIpc) is 2.91. The SMILES string of the molecule is O=C(CCc1c[nH]c2ccccc12)Nc1cnc(Br)cn1. The van der Waals surface area contributed by atoms with E-state index in [9.17, 15) is 4.79 Å². The van der Waals surface area contributed by atoms with Crippen LogP contribution in [-0.4, -0.2) is 20.9 Å². The molecule has 3 rings (SSSR count). The molecule has 3 aromatic rings. The summed E-state index contributed by atoms with van der Waals surface area (Å²) in [5.74, 6) is 0.388. The minimum atomic E-state index is -0.0723. The van der Waals surface area contributed by atoms with Gasteiger partial charge in [-0.3, -0.25) is 4.79 Å². The fraction of sp³-hybridized carbons (Fsp3) is 0.133. The summed E-state index contributed by atoms with van der Waals surface area (Å²) in [6.45, 7) is 0. The van der Waals surface area contributed by atoms with Gasteiger partial charge in [-0.1, -0.05) is 18.2 Å². The highest BCUT2D eigenvalue weighted by molar-refractivity contribution is 9.10. The minimum Gasteiger partial charge on any atom is -0.361 e. The second kappa shape index (κ2) is 6.05. The van der Waals surface area contributed by atoms with Crippen molar-refractivity contribution >= 4 is 38.6 Å². The maximum absolute atomic E-state index is 11.9. The third-order valence-electron chi connectivity index (χ3n) is 3.18. The lowest BCUT2D eigenvalue weighted by atomic mass is 10.1. The van der Waals surface area contributed by atoms with Gasteiger partial charge in [0.05, 0.1) is 12.4 Å². The smallest absolute Gasteiger partial charge is 0.225 e. The molecule has 0 aliphatic carbocycles. The van der Waals surface area contributed by atoms with Crippen molar-refractivity contribution in [3.63, 3.8) is 0 Å². The number of amides is 1. The molecule has 0 aliphatic heterocycles. The molecule has 0 bridgehead atoms. The third-order valence-corrected chi connectivity index (χ3v) is 3.59. The molecule has 6 heteroatoms. The Morgan fingerprint density at radius 1 is 1.24 bits per heavy atom. The molecule has 0 unspecified atom stereocenters. The van der Waals surface area contributed by atoms with E-state index < -0.39 is 0 Å². The molecule has 0 atom stereocenters. The zero-order valence-corrected chi connectivity index (χ0v) is 12.7. The first-order valence-corrected chi connectivity index (χ1v) is 7.34. The first kappa shape index (κ1) is 13.8. The Balaban J connectivity index is 1.62. The molecule has 1 aromatic carbocycles. The van der Waals surface area contributed by atoms with Crippen LogP contribution < -0.4 is 5.32 Å². The zero-order chi connectivity index (χ0) is 14.7. The van der Waals surface area contributed by atoms with Gasteiger partial charge in [-0.25, -0.2) is 9.97 Å². The fourth-order valence-corrected chi connectivity index (χ4v) is 2.37. The number of fused-ring (bicyclic) bond motifs is 1. The van der Waals surface area contributed by atoms with E-state index in [1.54, 1.807) is 6.20 Å². The molecule has 0 saturated carbocycles. The average molecular weight is 345 g/mol. The van der Waals surface area contributed by atoms with E-state index in [0.29, 0.717) is 23.3 Å². The number of H-pyrrole nitrogens is 1. The molecule has 2 heterocycles. The van der Waals surface area contributed by atoms with Gasteiger partial charge in [0, 0.05) is 23.5 Å². The van der Waals surface area contributed by atoms with Crippen LogP contribution in [-0.2, 0) is 11.2 Å². The summed E-state index contributed by atoms with van der Waals surface area (Å²) in [5.41, 5.74) is 2.23. The standard InChI is InChI=1S/C15H13BrN4O/c16-13-8-19-14(9-18-13)20-15(21)6-5-10-7-17-12-4-2-1-3-11(10)12/h1-4,7-9,17H,5-6H2,(H,19,20,21). The van der Waals surface area contributed by atoms with Crippen molar-refractivity contribution in [3.8, 4) is 0 Å². The molecule has 5 nitrogen and oxygen atoms in total. The summed E-state index contributed by atoms with van der Waals surface area (Å²) in [5, 5.41) is 3.90. The number of carbonyl (C=O) groups is 1. The first-order chi connectivity index (χ1) is 10.2. The summed E-state index contributed by atoms with van der Waals surface area (Å²) >= 11 is 3.20. The second-order valence-corrected chi connectivity index (χ2v) is 5.44. The highest BCUT2D eigenvalue weighted by atomic mass is 79.9. The van der Waals surface area contributed by atoms with Gasteiger partial charge in [-0.2, -0.15) is 0 Å². The van der Waals surface area contributed by atoms with Crippen molar-refractivity contribution in [2.45, 2.75) is 12.8 Å². The number of halogens is 1. The number of carbonyl (C=O) groups excluding carboxylic acids is 1. The molecule has 0 fully saturated rings. The van der Waals surface area contributed by atoms with Crippen LogP contribution >= 0.6 is 15.9 Å². The van der Waals surface area contributed by atoms with E-state index in [0.717, 1.165) is 16.5 Å². The van der Waals surface area contributed by atoms with Crippen LogP contribution in [0.3, 0.4) is 0 Å². The molecule has 2 N–H and O–H groups in total. The van der Waals surface area contributed by atoms with Gasteiger partial charge in [0.15, 0.2) is 5.82 Å². The van der Waals surface area contributed by atoms with Crippen molar-refractivity contribution in [1.29, 1.82) is 0 Å². The highest BCUT2D eigenvalue weighted by Crippen LogP contribution is 2.19. The molecule has 0 aliphatic rings. The first-order valence-electron chi connectivity index (χ1n) is 6.55. The van der Waals surface area contributed by atoms with Gasteiger partial charge in [0.2, 0.25) is 5.91 Å². The molecule has 106 valence electrons. The van der Waals surface area contributed by atoms with Crippen LogP contribution in [0.1, 0.15) is 12.0 Å². The number of anilines is 1. The summed E-state index contributed by atoms with van der Waals surface area (Å²) in [6.07, 6.45) is 6.11. The van der Waals surface area contributed by atoms with Crippen molar-refractivity contribution in [2.75, 3.05) is 5.32 Å². The van der Waals surface area contributed by atoms with Crippen molar-refractivity contribution in [2.24, 2.45) is 0 Å².